The maximum Gasteiger partial charge on any atom is 0.410 e. The smallest absolute Gasteiger partial charge is 0.410 e. The predicted octanol–water partition coefficient (Wildman–Crippen LogP) is 4.74. The van der Waals surface area contributed by atoms with Gasteiger partial charge in [0.05, 0.1) is 19.2 Å². The van der Waals surface area contributed by atoms with Crippen LogP contribution in [0.25, 0.3) is 0 Å². The average Bonchev–Trinajstić information content (AvgIpc) is 3.07. The van der Waals surface area contributed by atoms with Gasteiger partial charge >= 0.3 is 12.1 Å². The van der Waals surface area contributed by atoms with E-state index in [4.69, 9.17) is 9.47 Å². The number of nitrogens with zero attached hydrogens (tertiary/aromatic N) is 1. The van der Waals surface area contributed by atoms with E-state index in [0.717, 1.165) is 11.3 Å². The molecule has 1 aromatic heterocycles. The Labute approximate surface area is 178 Å². The number of hydrogen-bond donors (Lipinski definition) is 2. The van der Waals surface area contributed by atoms with E-state index in [0.29, 0.717) is 12.1 Å². The van der Waals surface area contributed by atoms with Crippen LogP contribution < -0.4 is 0 Å². The van der Waals surface area contributed by atoms with Crippen molar-refractivity contribution in [3.8, 4) is 5.75 Å². The molecule has 7 heteroatoms. The van der Waals surface area contributed by atoms with Crippen LogP contribution in [-0.2, 0) is 28.0 Å². The number of esters is 1. The van der Waals surface area contributed by atoms with Crippen molar-refractivity contribution in [2.24, 2.45) is 0 Å². The molecule has 0 saturated carbocycles. The van der Waals surface area contributed by atoms with Crippen molar-refractivity contribution < 1.29 is 24.2 Å². The number of phenols is 1. The SMILES string of the molecule is COC(=O)c1cc(O)cc(CN(Cc2cc[nH]c2C(C)(C)C)C(=O)OC(C)(C)C)c1. The number of H-pyrrole nitrogens is 1. The number of carbonyl (C=O) groups is 2. The van der Waals surface area contributed by atoms with Gasteiger partial charge in [0.15, 0.2) is 0 Å². The molecule has 0 unspecified atom stereocenters. The Balaban J connectivity index is 2.38. The van der Waals surface area contributed by atoms with Crippen molar-refractivity contribution in [3.05, 3.63) is 52.8 Å². The van der Waals surface area contributed by atoms with Crippen molar-refractivity contribution in [2.45, 2.75) is 65.6 Å². The Bertz CT molecular complexity index is 903. The van der Waals surface area contributed by atoms with Gasteiger partial charge in [-0.25, -0.2) is 9.59 Å². The van der Waals surface area contributed by atoms with E-state index in [1.165, 1.54) is 19.2 Å². The van der Waals surface area contributed by atoms with Gasteiger partial charge in [0.25, 0.3) is 0 Å². The zero-order valence-corrected chi connectivity index (χ0v) is 18.8. The fraction of sp³-hybridized carbons (Fsp3) is 0.478. The van der Waals surface area contributed by atoms with Gasteiger partial charge in [0.2, 0.25) is 0 Å². The number of phenolic OH excluding ortho intramolecular Hbond substituents is 1. The fourth-order valence-electron chi connectivity index (χ4n) is 3.17. The Kier molecular flexibility index (Phi) is 6.85. The lowest BCUT2D eigenvalue weighted by atomic mass is 9.89. The van der Waals surface area contributed by atoms with Crippen molar-refractivity contribution in [3.63, 3.8) is 0 Å². The molecule has 2 rings (SSSR count). The van der Waals surface area contributed by atoms with E-state index in [-0.39, 0.29) is 23.3 Å². The Hall–Kier alpha value is -2.96. The van der Waals surface area contributed by atoms with E-state index in [1.54, 1.807) is 11.0 Å². The van der Waals surface area contributed by atoms with Crippen LogP contribution in [0.5, 0.6) is 5.75 Å². The van der Waals surface area contributed by atoms with Crippen LogP contribution in [0, 0.1) is 0 Å². The first-order valence-electron chi connectivity index (χ1n) is 9.86. The normalized spacial score (nSPS) is 11.8. The number of amides is 1. The molecule has 2 N–H and O–H groups in total. The molecule has 0 spiro atoms. The minimum absolute atomic E-state index is 0.0749. The third-order valence-corrected chi connectivity index (χ3v) is 4.37. The highest BCUT2D eigenvalue weighted by molar-refractivity contribution is 5.90. The van der Waals surface area contributed by atoms with Gasteiger partial charge in [-0.1, -0.05) is 20.8 Å². The number of benzene rings is 1. The molecule has 30 heavy (non-hydrogen) atoms. The minimum Gasteiger partial charge on any atom is -0.508 e. The summed E-state index contributed by atoms with van der Waals surface area (Å²) in [6.45, 7) is 12.2. The zero-order chi connectivity index (χ0) is 22.7. The first-order valence-corrected chi connectivity index (χ1v) is 9.86. The van der Waals surface area contributed by atoms with Gasteiger partial charge in [0.1, 0.15) is 11.4 Å². The monoisotopic (exact) mass is 416 g/mol. The molecular formula is C23H32N2O5. The number of aromatic amines is 1. The molecule has 1 aromatic carbocycles. The summed E-state index contributed by atoms with van der Waals surface area (Å²) in [4.78, 5) is 29.7. The van der Waals surface area contributed by atoms with Crippen molar-refractivity contribution in [1.29, 1.82) is 0 Å². The summed E-state index contributed by atoms with van der Waals surface area (Å²) in [6.07, 6.45) is 1.37. The summed E-state index contributed by atoms with van der Waals surface area (Å²) in [5.74, 6) is -0.634. The molecule has 7 nitrogen and oxygen atoms in total. The van der Waals surface area contributed by atoms with Gasteiger partial charge in [-0.3, -0.25) is 4.90 Å². The number of aromatic nitrogens is 1. The summed E-state index contributed by atoms with van der Waals surface area (Å²) in [6, 6.07) is 6.40. The summed E-state index contributed by atoms with van der Waals surface area (Å²) in [5.41, 5.74) is 2.03. The second kappa shape index (κ2) is 8.81. The fourth-order valence-corrected chi connectivity index (χ4v) is 3.17. The minimum atomic E-state index is -0.656. The summed E-state index contributed by atoms with van der Waals surface area (Å²) in [7, 11) is 1.28. The molecule has 0 aliphatic rings. The predicted molar refractivity (Wildman–Crippen MR) is 114 cm³/mol. The molecule has 0 aliphatic carbocycles. The van der Waals surface area contributed by atoms with Gasteiger partial charge in [-0.2, -0.15) is 0 Å². The molecule has 0 atom stereocenters. The highest BCUT2D eigenvalue weighted by Gasteiger charge is 2.26. The Morgan fingerprint density at radius 3 is 2.30 bits per heavy atom. The van der Waals surface area contributed by atoms with Gasteiger partial charge in [-0.05, 0) is 56.2 Å². The lowest BCUT2D eigenvalue weighted by Gasteiger charge is -2.29. The first kappa shape index (κ1) is 23.3. The number of nitrogens with one attached hydrogen (secondary N) is 1. The average molecular weight is 417 g/mol. The lowest BCUT2D eigenvalue weighted by Crippen LogP contribution is -2.36. The first-order chi connectivity index (χ1) is 13.8. The third-order valence-electron chi connectivity index (χ3n) is 4.37. The van der Waals surface area contributed by atoms with Crippen LogP contribution in [0.1, 0.15) is 68.7 Å². The largest absolute Gasteiger partial charge is 0.508 e. The summed E-state index contributed by atoms with van der Waals surface area (Å²) in [5, 5.41) is 10.0. The standard InChI is InChI=1S/C23H32N2O5/c1-22(2,3)19-16(8-9-24-19)14-25(21(28)30-23(4,5)6)13-15-10-17(20(27)29-7)12-18(26)11-15/h8-12,24,26H,13-14H2,1-7H3. The third kappa shape index (κ3) is 6.27. The maximum absolute atomic E-state index is 12.9. The molecule has 1 amide bonds. The molecule has 1 heterocycles. The number of ether oxygens (including phenoxy) is 2. The second-order valence-corrected chi connectivity index (χ2v) is 9.34. The molecule has 0 aliphatic heterocycles. The van der Waals surface area contributed by atoms with Gasteiger partial charge < -0.3 is 19.6 Å². The van der Waals surface area contributed by atoms with E-state index < -0.39 is 17.7 Å². The van der Waals surface area contributed by atoms with Crippen molar-refractivity contribution >= 4 is 12.1 Å². The van der Waals surface area contributed by atoms with Crippen LogP contribution in [-0.4, -0.2) is 39.8 Å². The maximum atomic E-state index is 12.9. The number of aromatic hydroxyl groups is 1. The van der Waals surface area contributed by atoms with Crippen LogP contribution in [0.2, 0.25) is 0 Å². The Morgan fingerprint density at radius 1 is 1.07 bits per heavy atom. The second-order valence-electron chi connectivity index (χ2n) is 9.34. The van der Waals surface area contributed by atoms with E-state index in [9.17, 15) is 14.7 Å². The Morgan fingerprint density at radius 2 is 1.73 bits per heavy atom. The van der Waals surface area contributed by atoms with Crippen LogP contribution in [0.4, 0.5) is 4.79 Å². The van der Waals surface area contributed by atoms with Crippen LogP contribution >= 0.6 is 0 Å². The van der Waals surface area contributed by atoms with Gasteiger partial charge in [-0.15, -0.1) is 0 Å². The topological polar surface area (TPSA) is 91.9 Å². The molecular weight excluding hydrogens is 384 g/mol. The molecule has 0 bridgehead atoms. The van der Waals surface area contributed by atoms with E-state index >= 15 is 0 Å². The zero-order valence-electron chi connectivity index (χ0n) is 18.8. The van der Waals surface area contributed by atoms with Crippen molar-refractivity contribution in [2.75, 3.05) is 7.11 Å². The number of methoxy groups -OCH3 is 1. The summed E-state index contributed by atoms with van der Waals surface area (Å²) >= 11 is 0. The molecule has 0 fully saturated rings. The van der Waals surface area contributed by atoms with Crippen LogP contribution in [0.15, 0.2) is 30.5 Å². The van der Waals surface area contributed by atoms with E-state index in [2.05, 4.69) is 25.8 Å². The van der Waals surface area contributed by atoms with Crippen molar-refractivity contribution in [1.82, 2.24) is 9.88 Å². The highest BCUT2D eigenvalue weighted by atomic mass is 16.6. The molecule has 164 valence electrons. The number of hydrogen-bond acceptors (Lipinski definition) is 5. The summed E-state index contributed by atoms with van der Waals surface area (Å²) < 4.78 is 10.3. The van der Waals surface area contributed by atoms with Gasteiger partial charge in [0, 0.05) is 23.9 Å². The molecule has 0 saturated heterocycles. The quantitative estimate of drug-likeness (QED) is 0.687. The molecule has 2 aromatic rings. The highest BCUT2D eigenvalue weighted by Crippen LogP contribution is 2.27. The number of carbonyl (C=O) groups excluding carboxylic acids is 2. The molecule has 0 radical (unpaired) electrons. The van der Waals surface area contributed by atoms with E-state index in [1.807, 2.05) is 33.0 Å². The number of rotatable bonds is 5. The lowest BCUT2D eigenvalue weighted by molar-refractivity contribution is 0.0215. The van der Waals surface area contributed by atoms with Crippen LogP contribution in [0.3, 0.4) is 0 Å².